The maximum absolute atomic E-state index is 13.5. The van der Waals surface area contributed by atoms with Crippen LogP contribution in [0.3, 0.4) is 0 Å². The molecule has 2 heterocycles. The second-order valence-electron chi connectivity index (χ2n) is 11.3. The predicted molar refractivity (Wildman–Crippen MR) is 149 cm³/mol. The van der Waals surface area contributed by atoms with Crippen molar-refractivity contribution in [2.45, 2.75) is 78.4 Å². The van der Waals surface area contributed by atoms with E-state index in [1.165, 1.54) is 11.1 Å². The number of benzene rings is 2. The van der Waals surface area contributed by atoms with E-state index in [1.807, 2.05) is 12.1 Å². The molecule has 2 saturated heterocycles. The van der Waals surface area contributed by atoms with Crippen molar-refractivity contribution in [3.05, 3.63) is 70.0 Å². The number of hydrogen-bond donors (Lipinski definition) is 0. The van der Waals surface area contributed by atoms with Gasteiger partial charge in [-0.2, -0.15) is 0 Å². The van der Waals surface area contributed by atoms with Crippen LogP contribution >= 0.6 is 0 Å². The quantitative estimate of drug-likeness (QED) is 0.382. The Bertz CT molecular complexity index is 1120. The summed E-state index contributed by atoms with van der Waals surface area (Å²) in [5.41, 5.74) is 5.57. The summed E-state index contributed by atoms with van der Waals surface area (Å²) in [6.45, 7) is 17.8. The largest absolute Gasteiger partial charge is 0.483 e. The molecule has 0 radical (unpaired) electrons. The first kappa shape index (κ1) is 30.8. The molecule has 0 saturated carbocycles. The molecule has 4 rings (SSSR count). The van der Waals surface area contributed by atoms with Gasteiger partial charge in [-0.1, -0.05) is 36.8 Å². The van der Waals surface area contributed by atoms with Crippen molar-refractivity contribution in [3.8, 4) is 0 Å². The van der Waals surface area contributed by atoms with Gasteiger partial charge >= 0.3 is 6.29 Å². The zero-order chi connectivity index (χ0) is 28.9. The molecule has 8 heteroatoms. The van der Waals surface area contributed by atoms with E-state index >= 15 is 0 Å². The summed E-state index contributed by atoms with van der Waals surface area (Å²) in [6.07, 6.45) is 0.192. The monoisotopic (exact) mass is 545 g/mol. The molecule has 2 aliphatic heterocycles. The third-order valence-corrected chi connectivity index (χ3v) is 8.50. The van der Waals surface area contributed by atoms with Gasteiger partial charge in [-0.15, -0.1) is 8.78 Å². The van der Waals surface area contributed by atoms with Gasteiger partial charge in [0, 0.05) is 55.9 Å². The first-order valence-electron chi connectivity index (χ1n) is 13.8. The number of piperidine rings is 1. The van der Waals surface area contributed by atoms with Crippen LogP contribution in [0.25, 0.3) is 0 Å². The fraction of sp³-hybridized carbons (Fsp3) is 0.548. The Morgan fingerprint density at radius 2 is 1.51 bits per heavy atom. The lowest BCUT2D eigenvalue weighted by Gasteiger charge is -2.53. The van der Waals surface area contributed by atoms with Crippen molar-refractivity contribution < 1.29 is 22.8 Å². The maximum atomic E-state index is 13.5. The Labute approximate surface area is 231 Å². The van der Waals surface area contributed by atoms with Gasteiger partial charge in [-0.25, -0.2) is 9.18 Å². The summed E-state index contributed by atoms with van der Waals surface area (Å²) in [6, 6.07) is 12.0. The lowest BCUT2D eigenvalue weighted by molar-refractivity contribution is -0.0305. The summed E-state index contributed by atoms with van der Waals surface area (Å²) in [5, 5.41) is 0. The molecule has 1 amide bonds. The van der Waals surface area contributed by atoms with E-state index in [0.717, 1.165) is 68.7 Å². The Hall–Kier alpha value is -2.71. The number of likely N-dealkylation sites (tertiary alicyclic amines) is 1. The lowest BCUT2D eigenvalue weighted by atomic mass is 9.85. The van der Waals surface area contributed by atoms with Gasteiger partial charge in [0.15, 0.2) is 0 Å². The molecule has 39 heavy (non-hydrogen) atoms. The third kappa shape index (κ3) is 7.48. The number of halogens is 3. The zero-order valence-corrected chi connectivity index (χ0v) is 24.1. The van der Waals surface area contributed by atoms with E-state index in [9.17, 15) is 18.0 Å². The number of nitrogens with zero attached hydrogens (tertiary/aromatic N) is 3. The van der Waals surface area contributed by atoms with Gasteiger partial charge in [-0.3, -0.25) is 14.6 Å². The highest BCUT2D eigenvalue weighted by Gasteiger charge is 2.41. The average Bonchev–Trinajstić information content (AvgIpc) is 2.86. The van der Waals surface area contributed by atoms with Crippen molar-refractivity contribution in [2.24, 2.45) is 0 Å². The molecule has 2 aromatic rings. The van der Waals surface area contributed by atoms with E-state index in [-0.39, 0.29) is 17.3 Å². The second kappa shape index (κ2) is 13.1. The normalized spacial score (nSPS) is 20.6. The van der Waals surface area contributed by atoms with Crippen molar-refractivity contribution in [1.29, 1.82) is 0 Å². The molecule has 0 unspecified atom stereocenters. The number of piperazine rings is 1. The fourth-order valence-corrected chi connectivity index (χ4v) is 6.45. The van der Waals surface area contributed by atoms with Crippen LogP contribution < -0.4 is 0 Å². The van der Waals surface area contributed by atoms with E-state index in [0.29, 0.717) is 12.1 Å². The molecular weight excluding hydrogens is 503 g/mol. The van der Waals surface area contributed by atoms with E-state index in [1.54, 1.807) is 12.1 Å². The standard InChI is InChI=1S/C30H42FN3O.CF2O/c1-7-27(25-8-10-26(31)11-9-25)34-17-16-33(20-24(34)5)30(6)12-14-32(15-13-30)29(35)28-22(3)18-21(2)19-23(28)4;2-1(3)4/h8-11,18-19,24,27H,7,12-17,20H2,1-6H3;/t24-,27-;/m0./s1. The number of carbonyl (C=O) groups excluding carboxylic acids is 2. The number of amides is 1. The molecule has 2 atom stereocenters. The van der Waals surface area contributed by atoms with Gasteiger partial charge < -0.3 is 4.90 Å². The lowest BCUT2D eigenvalue weighted by Crippen LogP contribution is -2.62. The van der Waals surface area contributed by atoms with Crippen molar-refractivity contribution in [2.75, 3.05) is 32.7 Å². The molecule has 0 bridgehead atoms. The molecule has 0 spiro atoms. The van der Waals surface area contributed by atoms with Crippen LogP contribution in [0.15, 0.2) is 36.4 Å². The maximum Gasteiger partial charge on any atom is 0.483 e. The molecule has 214 valence electrons. The van der Waals surface area contributed by atoms with Crippen LogP contribution in [0.1, 0.15) is 78.7 Å². The van der Waals surface area contributed by atoms with Gasteiger partial charge in [0.05, 0.1) is 0 Å². The molecule has 2 aromatic carbocycles. The summed E-state index contributed by atoms with van der Waals surface area (Å²) in [5.74, 6) is 0.0113. The number of carbonyl (C=O) groups is 2. The van der Waals surface area contributed by atoms with Crippen LogP contribution in [0, 0.1) is 26.6 Å². The predicted octanol–water partition coefficient (Wildman–Crippen LogP) is 6.95. The van der Waals surface area contributed by atoms with Gasteiger partial charge in [0.1, 0.15) is 5.82 Å². The van der Waals surface area contributed by atoms with Crippen LogP contribution in [-0.4, -0.2) is 71.2 Å². The Balaban J connectivity index is 0.000000983. The summed E-state index contributed by atoms with van der Waals surface area (Å²) >= 11 is 0. The zero-order valence-electron chi connectivity index (χ0n) is 24.1. The SMILES string of the molecule is CC[C@@H](c1ccc(F)cc1)N1CCN(C2(C)CCN(C(=O)c3c(C)cc(C)cc3C)CC2)C[C@@H]1C.O=C(F)F. The number of hydrogen-bond acceptors (Lipinski definition) is 4. The minimum absolute atomic E-state index is 0.117. The molecule has 0 N–H and O–H groups in total. The summed E-state index contributed by atoms with van der Waals surface area (Å²) in [7, 11) is 0. The summed E-state index contributed by atoms with van der Waals surface area (Å²) in [4.78, 5) is 28.8. The number of aryl methyl sites for hydroxylation is 3. The van der Waals surface area contributed by atoms with Crippen LogP contribution in [0.4, 0.5) is 18.0 Å². The smallest absolute Gasteiger partial charge is 0.338 e. The number of rotatable bonds is 5. The van der Waals surface area contributed by atoms with Gasteiger partial charge in [0.2, 0.25) is 0 Å². The minimum atomic E-state index is -2.83. The topological polar surface area (TPSA) is 43.9 Å². The second-order valence-corrected chi connectivity index (χ2v) is 11.3. The Kier molecular flexibility index (Phi) is 10.4. The highest BCUT2D eigenvalue weighted by Crippen LogP contribution is 2.35. The molecule has 2 aliphatic rings. The highest BCUT2D eigenvalue weighted by molar-refractivity contribution is 5.97. The van der Waals surface area contributed by atoms with Crippen molar-refractivity contribution in [1.82, 2.24) is 14.7 Å². The first-order valence-corrected chi connectivity index (χ1v) is 13.8. The van der Waals surface area contributed by atoms with E-state index < -0.39 is 6.29 Å². The third-order valence-electron chi connectivity index (χ3n) is 8.50. The van der Waals surface area contributed by atoms with Crippen LogP contribution in [-0.2, 0) is 0 Å². The molecule has 0 aromatic heterocycles. The summed E-state index contributed by atoms with van der Waals surface area (Å²) < 4.78 is 32.8. The molecule has 2 fully saturated rings. The average molecular weight is 546 g/mol. The first-order chi connectivity index (χ1) is 18.4. The van der Waals surface area contributed by atoms with Crippen LogP contribution in [0.2, 0.25) is 0 Å². The molecular formula is C31H42F3N3O2. The molecule has 5 nitrogen and oxygen atoms in total. The Morgan fingerprint density at radius 3 is 2.00 bits per heavy atom. The Morgan fingerprint density at radius 1 is 0.974 bits per heavy atom. The van der Waals surface area contributed by atoms with Crippen LogP contribution in [0.5, 0.6) is 0 Å². The van der Waals surface area contributed by atoms with Gasteiger partial charge in [-0.05, 0) is 82.7 Å². The molecule has 0 aliphatic carbocycles. The van der Waals surface area contributed by atoms with E-state index in [4.69, 9.17) is 4.79 Å². The van der Waals surface area contributed by atoms with Gasteiger partial charge in [0.25, 0.3) is 5.91 Å². The fourth-order valence-electron chi connectivity index (χ4n) is 6.45. The minimum Gasteiger partial charge on any atom is -0.338 e. The van der Waals surface area contributed by atoms with E-state index in [2.05, 4.69) is 68.4 Å². The van der Waals surface area contributed by atoms with Crippen molar-refractivity contribution in [3.63, 3.8) is 0 Å². The van der Waals surface area contributed by atoms with Crippen molar-refractivity contribution >= 4 is 12.2 Å². The highest BCUT2D eigenvalue weighted by atomic mass is 19.3.